The fourth-order valence-corrected chi connectivity index (χ4v) is 2.24. The van der Waals surface area contributed by atoms with Crippen molar-refractivity contribution in [2.24, 2.45) is 5.92 Å². The quantitative estimate of drug-likeness (QED) is 0.600. The minimum atomic E-state index is -0.132. The van der Waals surface area contributed by atoms with Crippen LogP contribution in [0.2, 0.25) is 0 Å². The van der Waals surface area contributed by atoms with E-state index in [-0.39, 0.29) is 24.3 Å². The lowest BCUT2D eigenvalue weighted by Gasteiger charge is -2.10. The summed E-state index contributed by atoms with van der Waals surface area (Å²) in [4.78, 5) is 23.6. The molecule has 0 aliphatic heterocycles. The first-order valence-electron chi connectivity index (χ1n) is 7.64. The number of carbonyl (C=O) groups excluding carboxylic acids is 2. The number of halogens is 1. The summed E-state index contributed by atoms with van der Waals surface area (Å²) >= 11 is 2.23. The summed E-state index contributed by atoms with van der Waals surface area (Å²) in [7, 11) is 0. The van der Waals surface area contributed by atoms with Crippen molar-refractivity contribution in [1.82, 2.24) is 0 Å². The number of anilines is 3. The lowest BCUT2D eigenvalue weighted by Crippen LogP contribution is -2.21. The minimum Gasteiger partial charge on any atom is -0.376 e. The van der Waals surface area contributed by atoms with Gasteiger partial charge in [0, 0.05) is 26.6 Å². The second-order valence-corrected chi connectivity index (χ2v) is 6.88. The van der Waals surface area contributed by atoms with Crippen molar-refractivity contribution in [3.05, 3.63) is 52.1 Å². The zero-order chi connectivity index (χ0) is 17.5. The summed E-state index contributed by atoms with van der Waals surface area (Å²) < 4.78 is 1.15. The molecule has 0 spiro atoms. The predicted octanol–water partition coefficient (Wildman–Crippen LogP) is 3.94. The molecule has 0 aromatic heterocycles. The molecule has 0 aliphatic carbocycles. The molecule has 0 fully saturated rings. The van der Waals surface area contributed by atoms with Gasteiger partial charge in [0.2, 0.25) is 11.8 Å². The first kappa shape index (κ1) is 18.3. The van der Waals surface area contributed by atoms with Crippen LogP contribution in [0.15, 0.2) is 48.5 Å². The molecule has 2 aromatic rings. The molecule has 0 saturated carbocycles. The molecule has 0 aliphatic rings. The van der Waals surface area contributed by atoms with E-state index in [1.807, 2.05) is 38.1 Å². The van der Waals surface area contributed by atoms with E-state index < -0.39 is 0 Å². The van der Waals surface area contributed by atoms with E-state index in [9.17, 15) is 9.59 Å². The smallest absolute Gasteiger partial charge is 0.243 e. The standard InChI is InChI=1S/C18H20IN3O2/c1-12(2)18(24)22-16-9-7-15(8-10-16)21-17(23)11-20-14-5-3-13(19)4-6-14/h3-10,12,20H,11H2,1-2H3,(H,21,23)(H,22,24). The molecule has 5 nitrogen and oxygen atoms in total. The molecule has 126 valence electrons. The number of amides is 2. The Balaban J connectivity index is 1.83. The summed E-state index contributed by atoms with van der Waals surface area (Å²) in [6.07, 6.45) is 0. The van der Waals surface area contributed by atoms with Gasteiger partial charge in [0.1, 0.15) is 0 Å². The van der Waals surface area contributed by atoms with E-state index in [0.29, 0.717) is 11.4 Å². The van der Waals surface area contributed by atoms with Gasteiger partial charge >= 0.3 is 0 Å². The molecule has 6 heteroatoms. The molecule has 2 aromatic carbocycles. The topological polar surface area (TPSA) is 70.2 Å². The first-order valence-corrected chi connectivity index (χ1v) is 8.72. The molecule has 2 amide bonds. The van der Waals surface area contributed by atoms with Gasteiger partial charge in [-0.2, -0.15) is 0 Å². The van der Waals surface area contributed by atoms with Crippen LogP contribution in [-0.2, 0) is 9.59 Å². The van der Waals surface area contributed by atoms with Crippen LogP contribution in [0.5, 0.6) is 0 Å². The summed E-state index contributed by atoms with van der Waals surface area (Å²) in [5, 5.41) is 8.69. The number of hydrogen-bond donors (Lipinski definition) is 3. The molecule has 2 rings (SSSR count). The zero-order valence-electron chi connectivity index (χ0n) is 13.6. The van der Waals surface area contributed by atoms with Crippen molar-refractivity contribution in [1.29, 1.82) is 0 Å². The molecule has 3 N–H and O–H groups in total. The SMILES string of the molecule is CC(C)C(=O)Nc1ccc(NC(=O)CNc2ccc(I)cc2)cc1. The van der Waals surface area contributed by atoms with E-state index in [1.54, 1.807) is 24.3 Å². The van der Waals surface area contributed by atoms with Crippen molar-refractivity contribution in [3.63, 3.8) is 0 Å². The maximum atomic E-state index is 12.0. The highest BCUT2D eigenvalue weighted by atomic mass is 127. The van der Waals surface area contributed by atoms with Crippen molar-refractivity contribution < 1.29 is 9.59 Å². The average Bonchev–Trinajstić information content (AvgIpc) is 2.56. The van der Waals surface area contributed by atoms with Gasteiger partial charge in [-0.1, -0.05) is 13.8 Å². The summed E-state index contributed by atoms with van der Waals surface area (Å²) in [5.74, 6) is -0.238. The number of carbonyl (C=O) groups is 2. The first-order chi connectivity index (χ1) is 11.4. The minimum absolute atomic E-state index is 0.0338. The molecule has 0 saturated heterocycles. The molecule has 0 radical (unpaired) electrons. The Morgan fingerprint density at radius 2 is 1.38 bits per heavy atom. The van der Waals surface area contributed by atoms with E-state index in [0.717, 1.165) is 9.26 Å². The number of rotatable bonds is 6. The van der Waals surface area contributed by atoms with Crippen molar-refractivity contribution in [2.75, 3.05) is 22.5 Å². The average molecular weight is 437 g/mol. The van der Waals surface area contributed by atoms with E-state index in [2.05, 4.69) is 38.5 Å². The van der Waals surface area contributed by atoms with Crippen LogP contribution in [0.3, 0.4) is 0 Å². The van der Waals surface area contributed by atoms with Gasteiger partial charge in [-0.15, -0.1) is 0 Å². The normalized spacial score (nSPS) is 10.3. The number of hydrogen-bond acceptors (Lipinski definition) is 3. The van der Waals surface area contributed by atoms with Gasteiger partial charge in [-0.3, -0.25) is 9.59 Å². The lowest BCUT2D eigenvalue weighted by molar-refractivity contribution is -0.119. The lowest BCUT2D eigenvalue weighted by atomic mass is 10.2. The predicted molar refractivity (Wildman–Crippen MR) is 106 cm³/mol. The Kier molecular flexibility index (Phi) is 6.60. The molecule has 0 heterocycles. The van der Waals surface area contributed by atoms with Crippen LogP contribution in [0.1, 0.15) is 13.8 Å². The molecular weight excluding hydrogens is 417 g/mol. The molecule has 0 atom stereocenters. The Morgan fingerprint density at radius 1 is 0.875 bits per heavy atom. The van der Waals surface area contributed by atoms with Gasteiger partial charge in [-0.25, -0.2) is 0 Å². The zero-order valence-corrected chi connectivity index (χ0v) is 15.8. The number of benzene rings is 2. The Bertz CT molecular complexity index is 697. The van der Waals surface area contributed by atoms with Crippen LogP contribution in [-0.4, -0.2) is 18.4 Å². The van der Waals surface area contributed by atoms with Gasteiger partial charge < -0.3 is 16.0 Å². The van der Waals surface area contributed by atoms with Crippen LogP contribution < -0.4 is 16.0 Å². The van der Waals surface area contributed by atoms with Gasteiger partial charge in [0.05, 0.1) is 6.54 Å². The second kappa shape index (κ2) is 8.68. The van der Waals surface area contributed by atoms with E-state index in [4.69, 9.17) is 0 Å². The fraction of sp³-hybridized carbons (Fsp3) is 0.222. The van der Waals surface area contributed by atoms with Crippen LogP contribution in [0.25, 0.3) is 0 Å². The number of nitrogens with one attached hydrogen (secondary N) is 3. The fourth-order valence-electron chi connectivity index (χ4n) is 1.88. The van der Waals surface area contributed by atoms with Crippen LogP contribution in [0.4, 0.5) is 17.1 Å². The van der Waals surface area contributed by atoms with E-state index in [1.165, 1.54) is 0 Å². The summed E-state index contributed by atoms with van der Waals surface area (Å²) in [6.45, 7) is 3.86. The molecule has 0 bridgehead atoms. The Morgan fingerprint density at radius 3 is 1.92 bits per heavy atom. The van der Waals surface area contributed by atoms with Gasteiger partial charge in [0.25, 0.3) is 0 Å². The Hall–Kier alpha value is -2.09. The second-order valence-electron chi connectivity index (χ2n) is 5.63. The maximum absolute atomic E-state index is 12.0. The van der Waals surface area contributed by atoms with Gasteiger partial charge in [0.15, 0.2) is 0 Å². The highest BCUT2D eigenvalue weighted by molar-refractivity contribution is 14.1. The summed E-state index contributed by atoms with van der Waals surface area (Å²) in [5.41, 5.74) is 2.30. The van der Waals surface area contributed by atoms with Gasteiger partial charge in [-0.05, 0) is 71.1 Å². The third-order valence-corrected chi connectivity index (χ3v) is 3.98. The van der Waals surface area contributed by atoms with E-state index >= 15 is 0 Å². The molecular formula is C18H20IN3O2. The largest absolute Gasteiger partial charge is 0.376 e. The summed E-state index contributed by atoms with van der Waals surface area (Å²) in [6, 6.07) is 14.9. The highest BCUT2D eigenvalue weighted by Gasteiger charge is 2.07. The van der Waals surface area contributed by atoms with Crippen molar-refractivity contribution in [3.8, 4) is 0 Å². The Labute approximate surface area is 155 Å². The highest BCUT2D eigenvalue weighted by Crippen LogP contribution is 2.15. The van der Waals surface area contributed by atoms with Crippen LogP contribution >= 0.6 is 22.6 Å². The van der Waals surface area contributed by atoms with Crippen molar-refractivity contribution >= 4 is 51.5 Å². The van der Waals surface area contributed by atoms with Crippen molar-refractivity contribution in [2.45, 2.75) is 13.8 Å². The molecule has 0 unspecified atom stereocenters. The molecule has 24 heavy (non-hydrogen) atoms. The third kappa shape index (κ3) is 5.84. The third-order valence-electron chi connectivity index (χ3n) is 3.26. The monoisotopic (exact) mass is 437 g/mol. The van der Waals surface area contributed by atoms with Crippen LogP contribution in [0, 0.1) is 9.49 Å². The maximum Gasteiger partial charge on any atom is 0.243 e.